The van der Waals surface area contributed by atoms with Gasteiger partial charge in [-0.25, -0.2) is 0 Å². The molecular formula is C74H48N2S. The van der Waals surface area contributed by atoms with Crippen LogP contribution in [0.3, 0.4) is 0 Å². The molecule has 0 unspecified atom stereocenters. The van der Waals surface area contributed by atoms with Crippen LogP contribution in [0.25, 0.3) is 125 Å². The smallest absolute Gasteiger partial charge is 0.0555 e. The number of benzene rings is 13. The average molecular weight is 997 g/mol. The molecule has 15 rings (SSSR count). The summed E-state index contributed by atoms with van der Waals surface area (Å²) in [6.07, 6.45) is 0. The molecule has 3 heteroatoms. The van der Waals surface area contributed by atoms with E-state index < -0.39 is 0 Å². The topological polar surface area (TPSA) is 8.17 Å². The first-order valence-electron chi connectivity index (χ1n) is 26.4. The Kier molecular flexibility index (Phi) is 10.8. The molecule has 2 heterocycles. The summed E-state index contributed by atoms with van der Waals surface area (Å²) in [7, 11) is 0. The van der Waals surface area contributed by atoms with Gasteiger partial charge in [0.1, 0.15) is 0 Å². The van der Waals surface area contributed by atoms with Crippen molar-refractivity contribution in [3.8, 4) is 61.3 Å². The summed E-state index contributed by atoms with van der Waals surface area (Å²) in [5.41, 5.74) is 18.9. The molecule has 77 heavy (non-hydrogen) atoms. The Morgan fingerprint density at radius 3 is 1.66 bits per heavy atom. The number of hydrogen-bond acceptors (Lipinski definition) is 2. The molecule has 0 saturated carbocycles. The molecule has 0 aliphatic carbocycles. The van der Waals surface area contributed by atoms with Crippen molar-refractivity contribution in [2.75, 3.05) is 4.90 Å². The number of anilines is 3. The Bertz CT molecular complexity index is 4730. The Morgan fingerprint density at radius 1 is 0.286 bits per heavy atom. The van der Waals surface area contributed by atoms with Crippen molar-refractivity contribution in [1.82, 2.24) is 4.57 Å². The molecule has 0 saturated heterocycles. The van der Waals surface area contributed by atoms with Gasteiger partial charge in [0.05, 0.1) is 16.7 Å². The Morgan fingerprint density at radius 2 is 0.844 bits per heavy atom. The first-order valence-corrected chi connectivity index (χ1v) is 27.2. The van der Waals surface area contributed by atoms with E-state index in [2.05, 4.69) is 301 Å². The van der Waals surface area contributed by atoms with Crippen LogP contribution in [0.1, 0.15) is 0 Å². The van der Waals surface area contributed by atoms with Crippen molar-refractivity contribution in [3.63, 3.8) is 0 Å². The van der Waals surface area contributed by atoms with Gasteiger partial charge in [0.15, 0.2) is 0 Å². The molecule has 0 aliphatic heterocycles. The summed E-state index contributed by atoms with van der Waals surface area (Å²) in [5.74, 6) is 0. The lowest BCUT2D eigenvalue weighted by molar-refractivity contribution is 1.18. The third kappa shape index (κ3) is 7.62. The van der Waals surface area contributed by atoms with Gasteiger partial charge in [-0.3, -0.25) is 0 Å². The second-order valence-electron chi connectivity index (χ2n) is 20.0. The molecule has 15 aromatic rings. The van der Waals surface area contributed by atoms with Crippen molar-refractivity contribution in [2.24, 2.45) is 0 Å². The van der Waals surface area contributed by atoms with E-state index >= 15 is 0 Å². The lowest BCUT2D eigenvalue weighted by Gasteiger charge is -2.27. The molecule has 0 spiro atoms. The van der Waals surface area contributed by atoms with Gasteiger partial charge in [0.25, 0.3) is 0 Å². The summed E-state index contributed by atoms with van der Waals surface area (Å²) in [6, 6.07) is 107. The zero-order valence-electron chi connectivity index (χ0n) is 42.0. The molecule has 0 N–H and O–H groups in total. The van der Waals surface area contributed by atoms with Crippen molar-refractivity contribution in [1.29, 1.82) is 0 Å². The molecule has 0 atom stereocenters. The zero-order chi connectivity index (χ0) is 50.8. The summed E-state index contributed by atoms with van der Waals surface area (Å²) in [5, 5.41) is 10.00. The van der Waals surface area contributed by atoms with E-state index in [0.717, 1.165) is 28.3 Å². The first-order chi connectivity index (χ1) is 38.2. The van der Waals surface area contributed by atoms with Crippen molar-refractivity contribution in [2.45, 2.75) is 0 Å². The van der Waals surface area contributed by atoms with Crippen LogP contribution in [0.15, 0.2) is 291 Å². The minimum atomic E-state index is 1.08. The quantitative estimate of drug-likeness (QED) is 0.140. The molecule has 0 radical (unpaired) electrons. The van der Waals surface area contributed by atoms with Gasteiger partial charge >= 0.3 is 0 Å². The van der Waals surface area contributed by atoms with Gasteiger partial charge in [-0.2, -0.15) is 0 Å². The second-order valence-corrected chi connectivity index (χ2v) is 21.0. The summed E-state index contributed by atoms with van der Waals surface area (Å²) < 4.78 is 4.95. The number of nitrogens with zero attached hydrogens (tertiary/aromatic N) is 2. The van der Waals surface area contributed by atoms with E-state index in [1.165, 1.54) is 114 Å². The van der Waals surface area contributed by atoms with E-state index in [4.69, 9.17) is 0 Å². The standard InChI is InChI=1S/C74H48N2S/c1-2-23-57(24-3-1)76-68-32-12-10-28-66(68)72-64(31-16-33-69(72)76)62-27-9-8-26-61(62)52-39-43-59(44-40-52)75(58-41-37-50(38-42-58)54-21-14-22-55(47-54)56-36-35-49-17-4-5-19-53(49)48-56)70-46-45-65(63-30-15-20-51-18-6-7-25-60(51)63)74-73(70)67-29-11-13-34-71(67)77-74/h1-48H. The number of para-hydroxylation sites is 2. The van der Waals surface area contributed by atoms with Gasteiger partial charge in [-0.1, -0.05) is 218 Å². The van der Waals surface area contributed by atoms with Crippen LogP contribution in [-0.2, 0) is 0 Å². The lowest BCUT2D eigenvalue weighted by atomic mass is 9.91. The van der Waals surface area contributed by atoms with Crippen LogP contribution in [-0.4, -0.2) is 4.57 Å². The fraction of sp³-hybridized carbons (Fsp3) is 0. The zero-order valence-corrected chi connectivity index (χ0v) is 42.8. The number of aromatic nitrogens is 1. The van der Waals surface area contributed by atoms with Crippen molar-refractivity contribution >= 4 is 91.9 Å². The van der Waals surface area contributed by atoms with Gasteiger partial charge in [0, 0.05) is 53.6 Å². The fourth-order valence-corrected chi connectivity index (χ4v) is 13.3. The molecule has 360 valence electrons. The number of thiophene rings is 1. The van der Waals surface area contributed by atoms with Crippen LogP contribution in [0.2, 0.25) is 0 Å². The highest BCUT2D eigenvalue weighted by Gasteiger charge is 2.23. The highest BCUT2D eigenvalue weighted by molar-refractivity contribution is 7.26. The van der Waals surface area contributed by atoms with Crippen LogP contribution < -0.4 is 4.90 Å². The fourth-order valence-electron chi connectivity index (χ4n) is 12.0. The molecule has 13 aromatic carbocycles. The minimum absolute atomic E-state index is 1.08. The summed E-state index contributed by atoms with van der Waals surface area (Å²) in [4.78, 5) is 2.47. The van der Waals surface area contributed by atoms with Gasteiger partial charge in [0.2, 0.25) is 0 Å². The molecule has 0 bridgehead atoms. The maximum absolute atomic E-state index is 2.47. The lowest BCUT2D eigenvalue weighted by Crippen LogP contribution is -2.10. The monoisotopic (exact) mass is 996 g/mol. The van der Waals surface area contributed by atoms with E-state index in [-0.39, 0.29) is 0 Å². The van der Waals surface area contributed by atoms with E-state index in [0.29, 0.717) is 0 Å². The van der Waals surface area contributed by atoms with Gasteiger partial charge in [-0.05, 0) is 144 Å². The Labute approximate surface area is 451 Å². The Balaban J connectivity index is 0.880. The SMILES string of the molecule is c1ccc(-n2c3ccccc3c3c(-c4ccccc4-c4ccc(N(c5ccc(-c6cccc(-c7ccc8ccccc8c7)c6)cc5)c5ccc(-c6cccc7ccccc67)c6sc7ccccc7c56)cc4)cccc32)cc1. The largest absolute Gasteiger partial charge is 0.310 e. The van der Waals surface area contributed by atoms with Crippen LogP contribution in [0.5, 0.6) is 0 Å². The molecule has 2 aromatic heterocycles. The predicted molar refractivity (Wildman–Crippen MR) is 331 cm³/mol. The predicted octanol–water partition coefficient (Wildman–Crippen LogP) is 21.3. The maximum Gasteiger partial charge on any atom is 0.0555 e. The van der Waals surface area contributed by atoms with Crippen molar-refractivity contribution in [3.05, 3.63) is 291 Å². The molecule has 0 fully saturated rings. The summed E-state index contributed by atoms with van der Waals surface area (Å²) in [6.45, 7) is 0. The normalized spacial score (nSPS) is 11.6. The second kappa shape index (κ2) is 18.5. The molecule has 0 aliphatic rings. The van der Waals surface area contributed by atoms with Crippen LogP contribution in [0.4, 0.5) is 17.1 Å². The first kappa shape index (κ1) is 44.7. The Hall–Kier alpha value is -9.80. The highest BCUT2D eigenvalue weighted by Crippen LogP contribution is 2.50. The number of hydrogen-bond donors (Lipinski definition) is 0. The maximum atomic E-state index is 2.47. The molecule has 2 nitrogen and oxygen atoms in total. The van der Waals surface area contributed by atoms with Crippen molar-refractivity contribution < 1.29 is 0 Å². The van der Waals surface area contributed by atoms with Crippen LogP contribution >= 0.6 is 11.3 Å². The average Bonchev–Trinajstić information content (AvgIpc) is 4.14. The number of fused-ring (bicyclic) bond motifs is 8. The third-order valence-corrected chi connectivity index (χ3v) is 16.8. The van der Waals surface area contributed by atoms with E-state index in [9.17, 15) is 0 Å². The van der Waals surface area contributed by atoms with Gasteiger partial charge in [-0.15, -0.1) is 11.3 Å². The highest BCUT2D eigenvalue weighted by atomic mass is 32.1. The van der Waals surface area contributed by atoms with Crippen LogP contribution in [0, 0.1) is 0 Å². The number of rotatable bonds is 9. The summed E-state index contributed by atoms with van der Waals surface area (Å²) >= 11 is 1.89. The van der Waals surface area contributed by atoms with Gasteiger partial charge < -0.3 is 9.47 Å². The molecule has 0 amide bonds. The van der Waals surface area contributed by atoms with E-state index in [1.54, 1.807) is 0 Å². The van der Waals surface area contributed by atoms with E-state index in [1.807, 2.05) is 11.3 Å². The minimum Gasteiger partial charge on any atom is -0.310 e. The third-order valence-electron chi connectivity index (χ3n) is 15.6. The molecular weight excluding hydrogens is 949 g/mol.